The number of benzene rings is 9. The van der Waals surface area contributed by atoms with Crippen molar-refractivity contribution >= 4 is 59.3 Å². The van der Waals surface area contributed by atoms with Gasteiger partial charge in [0, 0.05) is 37.0 Å². The number of rotatable bonds is 7. The second kappa shape index (κ2) is 13.9. The van der Waals surface area contributed by atoms with Crippen molar-refractivity contribution < 1.29 is 4.39 Å². The minimum atomic E-state index is -0.242. The molecular weight excluding hydrogens is 690 g/mol. The summed E-state index contributed by atoms with van der Waals surface area (Å²) in [5, 5.41) is 4.88. The Morgan fingerprint density at radius 3 is 1.71 bits per heavy atom. The minimum absolute atomic E-state index is 0.242. The van der Waals surface area contributed by atoms with Gasteiger partial charge in [-0.1, -0.05) is 158 Å². The standard InChI is InChI=1S/C52H34FNS/c53-40-29-24-37(25-30-40)43-19-10-14-38-15-11-20-47(52(38)43)44-17-5-8-22-49(44)54(48-21-7-4-16-42(48)36-12-2-1-3-13-36)41-31-26-35(27-32-41)39-28-33-46-45-18-6-9-23-50(45)55-51(46)34-39/h1-34H. The fourth-order valence-electron chi connectivity index (χ4n) is 7.98. The molecule has 55 heavy (non-hydrogen) atoms. The van der Waals surface area contributed by atoms with Gasteiger partial charge in [-0.05, 0) is 92.7 Å². The molecule has 0 saturated heterocycles. The molecule has 1 aromatic heterocycles. The van der Waals surface area contributed by atoms with Crippen LogP contribution < -0.4 is 4.90 Å². The lowest BCUT2D eigenvalue weighted by molar-refractivity contribution is 0.628. The average Bonchev–Trinajstić information content (AvgIpc) is 3.63. The molecule has 0 radical (unpaired) electrons. The smallest absolute Gasteiger partial charge is 0.123 e. The number of thiophene rings is 1. The molecule has 0 spiro atoms. The molecule has 10 rings (SSSR count). The van der Waals surface area contributed by atoms with E-state index in [0.717, 1.165) is 61.2 Å². The molecule has 10 aromatic rings. The van der Waals surface area contributed by atoms with Crippen molar-refractivity contribution in [1.29, 1.82) is 0 Å². The summed E-state index contributed by atoms with van der Waals surface area (Å²) in [5.74, 6) is -0.242. The van der Waals surface area contributed by atoms with Crippen molar-refractivity contribution in [2.45, 2.75) is 0 Å². The molecule has 1 nitrogen and oxygen atoms in total. The lowest BCUT2D eigenvalue weighted by atomic mass is 9.90. The van der Waals surface area contributed by atoms with E-state index in [4.69, 9.17) is 0 Å². The van der Waals surface area contributed by atoms with E-state index >= 15 is 0 Å². The Balaban J connectivity index is 1.16. The van der Waals surface area contributed by atoms with Gasteiger partial charge in [0.1, 0.15) is 5.82 Å². The maximum absolute atomic E-state index is 14.1. The molecule has 9 aromatic carbocycles. The van der Waals surface area contributed by atoms with Gasteiger partial charge in [0.2, 0.25) is 0 Å². The Bertz CT molecular complexity index is 2980. The van der Waals surface area contributed by atoms with Crippen LogP contribution in [0.5, 0.6) is 0 Å². The third-order valence-corrected chi connectivity index (χ3v) is 11.7. The van der Waals surface area contributed by atoms with E-state index in [-0.39, 0.29) is 5.82 Å². The molecule has 0 N–H and O–H groups in total. The van der Waals surface area contributed by atoms with Gasteiger partial charge >= 0.3 is 0 Å². The third kappa shape index (κ3) is 5.96. The zero-order chi connectivity index (χ0) is 36.7. The fourth-order valence-corrected chi connectivity index (χ4v) is 9.12. The first-order valence-corrected chi connectivity index (χ1v) is 19.3. The Hall–Kier alpha value is -6.81. The molecule has 0 fully saturated rings. The molecule has 0 aliphatic carbocycles. The van der Waals surface area contributed by atoms with Crippen LogP contribution in [0.2, 0.25) is 0 Å². The topological polar surface area (TPSA) is 3.24 Å². The van der Waals surface area contributed by atoms with Crippen molar-refractivity contribution in [2.75, 3.05) is 4.90 Å². The van der Waals surface area contributed by atoms with Gasteiger partial charge in [-0.25, -0.2) is 4.39 Å². The quantitative estimate of drug-likeness (QED) is 0.158. The minimum Gasteiger partial charge on any atom is -0.309 e. The predicted octanol–water partition coefficient (Wildman–Crippen LogP) is 15.5. The number of para-hydroxylation sites is 2. The summed E-state index contributed by atoms with van der Waals surface area (Å²) in [6.45, 7) is 0. The first-order chi connectivity index (χ1) is 27.2. The average molecular weight is 724 g/mol. The Morgan fingerprint density at radius 2 is 0.927 bits per heavy atom. The predicted molar refractivity (Wildman–Crippen MR) is 233 cm³/mol. The molecule has 260 valence electrons. The van der Waals surface area contributed by atoms with E-state index in [1.807, 2.05) is 23.5 Å². The monoisotopic (exact) mass is 723 g/mol. The summed E-state index contributed by atoms with van der Waals surface area (Å²) in [6.07, 6.45) is 0. The van der Waals surface area contributed by atoms with E-state index in [9.17, 15) is 4.39 Å². The van der Waals surface area contributed by atoms with Crippen molar-refractivity contribution in [2.24, 2.45) is 0 Å². The summed E-state index contributed by atoms with van der Waals surface area (Å²) in [5.41, 5.74) is 12.1. The first kappa shape index (κ1) is 32.8. The summed E-state index contributed by atoms with van der Waals surface area (Å²) in [6, 6.07) is 72.1. The van der Waals surface area contributed by atoms with Crippen molar-refractivity contribution in [3.63, 3.8) is 0 Å². The van der Waals surface area contributed by atoms with E-state index in [1.54, 1.807) is 0 Å². The number of hydrogen-bond acceptors (Lipinski definition) is 2. The molecule has 0 aliphatic heterocycles. The SMILES string of the molecule is Fc1ccc(-c2cccc3cccc(-c4ccccc4N(c4ccc(-c5ccc6c(c5)sc5ccccc56)cc4)c4ccccc4-c4ccccc4)c23)cc1. The largest absolute Gasteiger partial charge is 0.309 e. The number of fused-ring (bicyclic) bond motifs is 4. The lowest BCUT2D eigenvalue weighted by Gasteiger charge is -2.30. The highest BCUT2D eigenvalue weighted by atomic mass is 32.1. The molecule has 0 bridgehead atoms. The molecule has 0 unspecified atom stereocenters. The zero-order valence-electron chi connectivity index (χ0n) is 29.9. The van der Waals surface area contributed by atoms with Crippen molar-refractivity contribution in [1.82, 2.24) is 0 Å². The third-order valence-electron chi connectivity index (χ3n) is 10.6. The molecule has 0 aliphatic rings. The Labute approximate surface area is 323 Å². The van der Waals surface area contributed by atoms with Gasteiger partial charge in [0.05, 0.1) is 11.4 Å². The van der Waals surface area contributed by atoms with Crippen LogP contribution in [0.15, 0.2) is 206 Å². The van der Waals surface area contributed by atoms with E-state index < -0.39 is 0 Å². The second-order valence-corrected chi connectivity index (χ2v) is 14.9. The number of hydrogen-bond donors (Lipinski definition) is 0. The highest BCUT2D eigenvalue weighted by molar-refractivity contribution is 7.25. The normalized spacial score (nSPS) is 11.4. The number of halogens is 1. The van der Waals surface area contributed by atoms with Crippen molar-refractivity contribution in [3.8, 4) is 44.5 Å². The van der Waals surface area contributed by atoms with Gasteiger partial charge in [0.15, 0.2) is 0 Å². The Morgan fingerprint density at radius 1 is 0.364 bits per heavy atom. The van der Waals surface area contributed by atoms with Crippen molar-refractivity contribution in [3.05, 3.63) is 212 Å². The summed E-state index contributed by atoms with van der Waals surface area (Å²) in [7, 11) is 0. The van der Waals surface area contributed by atoms with Gasteiger partial charge < -0.3 is 4.90 Å². The van der Waals surface area contributed by atoms with E-state index in [1.165, 1.54) is 43.4 Å². The molecule has 0 amide bonds. The molecular formula is C52H34FNS. The van der Waals surface area contributed by atoms with Crippen LogP contribution in [-0.4, -0.2) is 0 Å². The van der Waals surface area contributed by atoms with Crippen LogP contribution in [0.25, 0.3) is 75.5 Å². The first-order valence-electron chi connectivity index (χ1n) is 18.5. The van der Waals surface area contributed by atoms with Gasteiger partial charge in [-0.2, -0.15) is 0 Å². The summed E-state index contributed by atoms with van der Waals surface area (Å²) >= 11 is 1.85. The van der Waals surface area contributed by atoms with Crippen LogP contribution in [0.4, 0.5) is 21.5 Å². The van der Waals surface area contributed by atoms with Gasteiger partial charge in [-0.15, -0.1) is 11.3 Å². The zero-order valence-corrected chi connectivity index (χ0v) is 30.7. The van der Waals surface area contributed by atoms with E-state index in [0.29, 0.717) is 0 Å². The Kier molecular flexibility index (Phi) is 8.28. The number of anilines is 3. The fraction of sp³-hybridized carbons (Fsp3) is 0. The maximum Gasteiger partial charge on any atom is 0.123 e. The van der Waals surface area contributed by atoms with Crippen LogP contribution >= 0.6 is 11.3 Å². The summed E-state index contributed by atoms with van der Waals surface area (Å²) in [4.78, 5) is 2.40. The molecule has 0 saturated carbocycles. The molecule has 0 atom stereocenters. The molecule has 3 heteroatoms. The van der Waals surface area contributed by atoms with Crippen LogP contribution in [0.1, 0.15) is 0 Å². The highest BCUT2D eigenvalue weighted by Crippen LogP contribution is 2.47. The van der Waals surface area contributed by atoms with Gasteiger partial charge in [-0.3, -0.25) is 0 Å². The summed E-state index contributed by atoms with van der Waals surface area (Å²) < 4.78 is 16.7. The highest BCUT2D eigenvalue weighted by Gasteiger charge is 2.22. The van der Waals surface area contributed by atoms with Crippen LogP contribution in [0.3, 0.4) is 0 Å². The maximum atomic E-state index is 14.1. The second-order valence-electron chi connectivity index (χ2n) is 13.8. The molecule has 1 heterocycles. The van der Waals surface area contributed by atoms with Gasteiger partial charge in [0.25, 0.3) is 0 Å². The lowest BCUT2D eigenvalue weighted by Crippen LogP contribution is -2.12. The number of nitrogens with zero attached hydrogens (tertiary/aromatic N) is 1. The van der Waals surface area contributed by atoms with E-state index in [2.05, 4.69) is 187 Å². The van der Waals surface area contributed by atoms with Crippen LogP contribution in [0, 0.1) is 5.82 Å². The van der Waals surface area contributed by atoms with Crippen LogP contribution in [-0.2, 0) is 0 Å².